The third-order valence-corrected chi connectivity index (χ3v) is 3.62. The summed E-state index contributed by atoms with van der Waals surface area (Å²) in [7, 11) is -3.52. The summed E-state index contributed by atoms with van der Waals surface area (Å²) in [5.74, 6) is 0. The van der Waals surface area contributed by atoms with Crippen molar-refractivity contribution in [2.45, 2.75) is 17.9 Å². The predicted octanol–water partition coefficient (Wildman–Crippen LogP) is 2.35. The lowest BCUT2D eigenvalue weighted by molar-refractivity contribution is -0.137. The van der Waals surface area contributed by atoms with Gasteiger partial charge in [0, 0.05) is 25.2 Å². The van der Waals surface area contributed by atoms with Gasteiger partial charge in [0.25, 0.3) is 0 Å². The SMILES string of the molecule is CS(=O)(=O)c1nccn1Cc1cccc(C(F)(F)F)c1. The van der Waals surface area contributed by atoms with Gasteiger partial charge in [0.05, 0.1) is 5.56 Å². The van der Waals surface area contributed by atoms with E-state index in [0.717, 1.165) is 18.4 Å². The summed E-state index contributed by atoms with van der Waals surface area (Å²) in [5, 5.41) is -0.171. The summed E-state index contributed by atoms with van der Waals surface area (Å²) < 4.78 is 62.0. The van der Waals surface area contributed by atoms with Gasteiger partial charge in [-0.1, -0.05) is 12.1 Å². The topological polar surface area (TPSA) is 52.0 Å². The lowest BCUT2D eigenvalue weighted by Crippen LogP contribution is -2.11. The average Bonchev–Trinajstić information content (AvgIpc) is 2.76. The first-order chi connectivity index (χ1) is 9.18. The van der Waals surface area contributed by atoms with Gasteiger partial charge >= 0.3 is 6.18 Å². The molecule has 2 aromatic rings. The summed E-state index contributed by atoms with van der Waals surface area (Å²) in [6, 6.07) is 4.75. The zero-order valence-electron chi connectivity index (χ0n) is 10.4. The molecule has 0 radical (unpaired) electrons. The molecule has 0 saturated heterocycles. The van der Waals surface area contributed by atoms with Crippen LogP contribution in [0.5, 0.6) is 0 Å². The van der Waals surface area contributed by atoms with Crippen LogP contribution in [0.15, 0.2) is 41.8 Å². The van der Waals surface area contributed by atoms with Gasteiger partial charge in [-0.15, -0.1) is 0 Å². The smallest absolute Gasteiger partial charge is 0.318 e. The number of rotatable bonds is 3. The Morgan fingerprint density at radius 3 is 2.60 bits per heavy atom. The highest BCUT2D eigenvalue weighted by molar-refractivity contribution is 7.90. The zero-order valence-corrected chi connectivity index (χ0v) is 11.2. The second-order valence-corrected chi connectivity index (χ2v) is 6.22. The standard InChI is InChI=1S/C12H11F3N2O2S/c1-20(18,19)11-16-5-6-17(11)8-9-3-2-4-10(7-9)12(13,14)15/h2-7H,8H2,1H3. The largest absolute Gasteiger partial charge is 0.416 e. The van der Waals surface area contributed by atoms with Crippen molar-refractivity contribution in [3.8, 4) is 0 Å². The fourth-order valence-corrected chi connectivity index (χ4v) is 2.59. The molecule has 1 aromatic heterocycles. The summed E-state index contributed by atoms with van der Waals surface area (Å²) in [6.07, 6.45) is -0.719. The second-order valence-electron chi connectivity index (χ2n) is 4.31. The normalized spacial score (nSPS) is 12.6. The molecule has 20 heavy (non-hydrogen) atoms. The second kappa shape index (κ2) is 4.93. The van der Waals surface area contributed by atoms with Crippen LogP contribution >= 0.6 is 0 Å². The Morgan fingerprint density at radius 2 is 2.00 bits per heavy atom. The molecule has 0 unspecified atom stereocenters. The van der Waals surface area contributed by atoms with Crippen LogP contribution in [0, 0.1) is 0 Å². The van der Waals surface area contributed by atoms with Crippen LogP contribution in [0.3, 0.4) is 0 Å². The van der Waals surface area contributed by atoms with Crippen LogP contribution in [0.2, 0.25) is 0 Å². The molecule has 2 rings (SSSR count). The van der Waals surface area contributed by atoms with Crippen molar-refractivity contribution in [3.05, 3.63) is 47.8 Å². The first-order valence-electron chi connectivity index (χ1n) is 5.55. The molecule has 4 nitrogen and oxygen atoms in total. The number of nitrogens with zero attached hydrogens (tertiary/aromatic N) is 2. The van der Waals surface area contributed by atoms with Crippen molar-refractivity contribution in [2.24, 2.45) is 0 Å². The first-order valence-corrected chi connectivity index (χ1v) is 7.44. The molecule has 0 amide bonds. The number of sulfone groups is 1. The third-order valence-electron chi connectivity index (χ3n) is 2.62. The molecule has 0 aliphatic rings. The zero-order chi connectivity index (χ0) is 15.0. The van der Waals surface area contributed by atoms with Crippen LogP contribution in [0.25, 0.3) is 0 Å². The number of imidazole rings is 1. The van der Waals surface area contributed by atoms with Crippen LogP contribution in [-0.2, 0) is 22.6 Å². The van der Waals surface area contributed by atoms with Gasteiger partial charge in [-0.25, -0.2) is 13.4 Å². The molecule has 1 heterocycles. The van der Waals surface area contributed by atoms with Crippen molar-refractivity contribution in [2.75, 3.05) is 6.26 Å². The number of alkyl halides is 3. The Labute approximate surface area is 113 Å². The van der Waals surface area contributed by atoms with E-state index in [1.54, 1.807) is 0 Å². The van der Waals surface area contributed by atoms with E-state index in [1.165, 1.54) is 29.1 Å². The van der Waals surface area contributed by atoms with Crippen molar-refractivity contribution < 1.29 is 21.6 Å². The Balaban J connectivity index is 2.35. The first kappa shape index (κ1) is 14.6. The number of halogens is 3. The van der Waals surface area contributed by atoms with E-state index >= 15 is 0 Å². The van der Waals surface area contributed by atoms with Gasteiger partial charge in [0.2, 0.25) is 15.0 Å². The van der Waals surface area contributed by atoms with Gasteiger partial charge in [0.1, 0.15) is 0 Å². The molecular weight excluding hydrogens is 293 g/mol. The quantitative estimate of drug-likeness (QED) is 0.874. The number of hydrogen-bond acceptors (Lipinski definition) is 3. The Kier molecular flexibility index (Phi) is 3.59. The summed E-state index contributed by atoms with van der Waals surface area (Å²) in [4.78, 5) is 3.71. The molecule has 0 spiro atoms. The monoisotopic (exact) mass is 304 g/mol. The maximum absolute atomic E-state index is 12.6. The van der Waals surface area contributed by atoms with E-state index in [1.807, 2.05) is 0 Å². The highest BCUT2D eigenvalue weighted by atomic mass is 32.2. The highest BCUT2D eigenvalue weighted by Gasteiger charge is 2.30. The Bertz CT molecular complexity index is 720. The van der Waals surface area contributed by atoms with Crippen LogP contribution in [0.4, 0.5) is 13.2 Å². The Hall–Kier alpha value is -1.83. The predicted molar refractivity (Wildman–Crippen MR) is 65.9 cm³/mol. The van der Waals surface area contributed by atoms with Crippen LogP contribution in [-0.4, -0.2) is 24.2 Å². The van der Waals surface area contributed by atoms with E-state index in [2.05, 4.69) is 4.98 Å². The molecule has 108 valence electrons. The fraction of sp³-hybridized carbons (Fsp3) is 0.250. The van der Waals surface area contributed by atoms with Crippen LogP contribution < -0.4 is 0 Å². The summed E-state index contributed by atoms with van der Waals surface area (Å²) >= 11 is 0. The molecule has 0 aliphatic carbocycles. The van der Waals surface area contributed by atoms with Crippen molar-refractivity contribution in [1.82, 2.24) is 9.55 Å². The average molecular weight is 304 g/mol. The van der Waals surface area contributed by atoms with Crippen molar-refractivity contribution >= 4 is 9.84 Å². The van der Waals surface area contributed by atoms with Crippen molar-refractivity contribution in [3.63, 3.8) is 0 Å². The van der Waals surface area contributed by atoms with Crippen LogP contribution in [0.1, 0.15) is 11.1 Å². The lowest BCUT2D eigenvalue weighted by atomic mass is 10.1. The van der Waals surface area contributed by atoms with Gasteiger partial charge in [-0.3, -0.25) is 0 Å². The van der Waals surface area contributed by atoms with Gasteiger partial charge in [-0.05, 0) is 17.7 Å². The van der Waals surface area contributed by atoms with Gasteiger partial charge < -0.3 is 4.57 Å². The van der Waals surface area contributed by atoms with Gasteiger partial charge in [0.15, 0.2) is 0 Å². The van der Waals surface area contributed by atoms with Crippen molar-refractivity contribution in [1.29, 1.82) is 0 Å². The minimum atomic E-state index is -4.43. The Morgan fingerprint density at radius 1 is 1.30 bits per heavy atom. The summed E-state index contributed by atoms with van der Waals surface area (Å²) in [5.41, 5.74) is -0.418. The molecular formula is C12H11F3N2O2S. The third kappa shape index (κ3) is 3.19. The minimum absolute atomic E-state index is 0.00627. The molecule has 0 aliphatic heterocycles. The molecule has 0 N–H and O–H groups in total. The van der Waals surface area contributed by atoms with E-state index < -0.39 is 21.6 Å². The highest BCUT2D eigenvalue weighted by Crippen LogP contribution is 2.29. The van der Waals surface area contributed by atoms with E-state index in [4.69, 9.17) is 0 Å². The van der Waals surface area contributed by atoms with E-state index in [-0.39, 0.29) is 11.7 Å². The number of hydrogen-bond donors (Lipinski definition) is 0. The fourth-order valence-electron chi connectivity index (χ4n) is 1.79. The molecule has 0 fully saturated rings. The summed E-state index contributed by atoms with van der Waals surface area (Å²) in [6.45, 7) is 0.00627. The molecule has 0 bridgehead atoms. The molecule has 0 atom stereocenters. The van der Waals surface area contributed by atoms with E-state index in [9.17, 15) is 21.6 Å². The lowest BCUT2D eigenvalue weighted by Gasteiger charge is -2.10. The minimum Gasteiger partial charge on any atom is -0.318 e. The molecule has 1 aromatic carbocycles. The maximum atomic E-state index is 12.6. The van der Waals surface area contributed by atoms with E-state index in [0.29, 0.717) is 5.56 Å². The molecule has 0 saturated carbocycles. The molecule has 8 heteroatoms. The number of aromatic nitrogens is 2. The van der Waals surface area contributed by atoms with Gasteiger partial charge in [-0.2, -0.15) is 13.2 Å². The number of benzene rings is 1. The maximum Gasteiger partial charge on any atom is 0.416 e.